The number of carboxylic acid groups (broad SMARTS) is 1. The molecule has 32 heavy (non-hydrogen) atoms. The summed E-state index contributed by atoms with van der Waals surface area (Å²) in [5.74, 6) is -1.57. The molecule has 1 atom stereocenters. The second kappa shape index (κ2) is 10.0. The Morgan fingerprint density at radius 1 is 1.03 bits per heavy atom. The summed E-state index contributed by atoms with van der Waals surface area (Å²) in [6, 6.07) is 20.6. The summed E-state index contributed by atoms with van der Waals surface area (Å²) in [5.41, 5.74) is 7.83. The largest absolute Gasteiger partial charge is 0.481 e. The van der Waals surface area contributed by atoms with Crippen molar-refractivity contribution in [3.63, 3.8) is 0 Å². The van der Waals surface area contributed by atoms with E-state index in [1.807, 2.05) is 6.07 Å². The Morgan fingerprint density at radius 2 is 1.66 bits per heavy atom. The predicted octanol–water partition coefficient (Wildman–Crippen LogP) is 5.15. The third kappa shape index (κ3) is 4.92. The lowest BCUT2D eigenvalue weighted by atomic mass is 9.94. The average Bonchev–Trinajstić information content (AvgIpc) is 2.78. The van der Waals surface area contributed by atoms with Crippen LogP contribution in [-0.4, -0.2) is 22.1 Å². The number of nitrogen functional groups attached to an aromatic ring is 1. The van der Waals surface area contributed by atoms with Crippen molar-refractivity contribution in [3.05, 3.63) is 82.4 Å². The van der Waals surface area contributed by atoms with E-state index >= 15 is 0 Å². The highest BCUT2D eigenvalue weighted by Gasteiger charge is 2.27. The molecule has 1 unspecified atom stereocenters. The SMILES string of the molecule is N#Cc1c(N)cc(SC(CC(=O)O)C(=O)c2ccc(Cl)cc2)c(C#N)c1-c1ccccc1. The van der Waals surface area contributed by atoms with Crippen LogP contribution in [0.5, 0.6) is 0 Å². The van der Waals surface area contributed by atoms with Crippen LogP contribution in [0.1, 0.15) is 27.9 Å². The van der Waals surface area contributed by atoms with Crippen LogP contribution < -0.4 is 5.73 Å². The number of halogens is 1. The van der Waals surface area contributed by atoms with Gasteiger partial charge < -0.3 is 10.8 Å². The lowest BCUT2D eigenvalue weighted by Crippen LogP contribution is -2.21. The summed E-state index contributed by atoms with van der Waals surface area (Å²) >= 11 is 6.83. The van der Waals surface area contributed by atoms with Crippen molar-refractivity contribution in [3.8, 4) is 23.3 Å². The number of hydrogen-bond donors (Lipinski definition) is 2. The fourth-order valence-electron chi connectivity index (χ4n) is 3.20. The number of nitriles is 2. The number of aliphatic carboxylic acids is 1. The summed E-state index contributed by atoms with van der Waals surface area (Å²) in [6.07, 6.45) is -0.461. The maximum absolute atomic E-state index is 13.1. The third-order valence-electron chi connectivity index (χ3n) is 4.66. The van der Waals surface area contributed by atoms with Gasteiger partial charge in [-0.25, -0.2) is 0 Å². The van der Waals surface area contributed by atoms with Crippen molar-refractivity contribution >= 4 is 40.8 Å². The number of ketones is 1. The van der Waals surface area contributed by atoms with Crippen LogP contribution in [0.3, 0.4) is 0 Å². The van der Waals surface area contributed by atoms with E-state index < -0.39 is 23.4 Å². The van der Waals surface area contributed by atoms with E-state index in [0.717, 1.165) is 11.8 Å². The van der Waals surface area contributed by atoms with Gasteiger partial charge in [0.2, 0.25) is 0 Å². The van der Waals surface area contributed by atoms with Crippen molar-refractivity contribution < 1.29 is 14.7 Å². The number of carbonyl (C=O) groups excluding carboxylic acids is 1. The molecule has 0 saturated heterocycles. The van der Waals surface area contributed by atoms with Gasteiger partial charge in [0.15, 0.2) is 5.78 Å². The number of carbonyl (C=O) groups is 2. The minimum atomic E-state index is -1.16. The van der Waals surface area contributed by atoms with Crippen LogP contribution in [0.2, 0.25) is 5.02 Å². The summed E-state index contributed by atoms with van der Waals surface area (Å²) in [6.45, 7) is 0. The summed E-state index contributed by atoms with van der Waals surface area (Å²) in [4.78, 5) is 24.9. The van der Waals surface area contributed by atoms with Crippen LogP contribution in [0, 0.1) is 22.7 Å². The number of anilines is 1. The van der Waals surface area contributed by atoms with Crippen molar-refractivity contribution in [1.82, 2.24) is 0 Å². The van der Waals surface area contributed by atoms with Crippen molar-refractivity contribution in [2.75, 3.05) is 5.73 Å². The minimum Gasteiger partial charge on any atom is -0.481 e. The molecule has 0 bridgehead atoms. The Hall–Kier alpha value is -3.78. The summed E-state index contributed by atoms with van der Waals surface area (Å²) in [7, 11) is 0. The maximum atomic E-state index is 13.1. The molecule has 0 aliphatic carbocycles. The molecular formula is C24H16ClN3O3S. The zero-order valence-corrected chi connectivity index (χ0v) is 18.2. The highest BCUT2D eigenvalue weighted by Crippen LogP contribution is 2.40. The van der Waals surface area contributed by atoms with Crippen LogP contribution in [-0.2, 0) is 4.79 Å². The normalized spacial score (nSPS) is 11.2. The Labute approximate surface area is 193 Å². The molecule has 0 heterocycles. The van der Waals surface area contributed by atoms with Gasteiger partial charge in [-0.2, -0.15) is 10.5 Å². The molecule has 6 nitrogen and oxygen atoms in total. The van der Waals surface area contributed by atoms with Gasteiger partial charge in [-0.05, 0) is 35.9 Å². The fourth-order valence-corrected chi connectivity index (χ4v) is 4.56. The molecule has 0 aliphatic heterocycles. The molecule has 0 saturated carbocycles. The Bertz CT molecular complexity index is 1260. The molecule has 3 rings (SSSR count). The number of hydrogen-bond acceptors (Lipinski definition) is 6. The molecule has 0 aromatic heterocycles. The fraction of sp³-hybridized carbons (Fsp3) is 0.0833. The van der Waals surface area contributed by atoms with E-state index in [2.05, 4.69) is 6.07 Å². The molecule has 158 valence electrons. The number of rotatable bonds is 7. The van der Waals surface area contributed by atoms with E-state index in [4.69, 9.17) is 17.3 Å². The van der Waals surface area contributed by atoms with Crippen molar-refractivity contribution in [1.29, 1.82) is 10.5 Å². The van der Waals surface area contributed by atoms with E-state index in [1.54, 1.807) is 42.5 Å². The standard InChI is InChI=1S/C24H16ClN3O3S/c25-16-8-6-15(7-9-16)24(31)21(11-22(29)30)32-20-10-19(28)17(12-26)23(18(20)13-27)14-4-2-1-3-5-14/h1-10,21H,11,28H2,(H,29,30). The first kappa shape index (κ1) is 22.9. The molecule has 3 aromatic rings. The number of carboxylic acids is 1. The highest BCUT2D eigenvalue weighted by atomic mass is 35.5. The maximum Gasteiger partial charge on any atom is 0.304 e. The molecule has 3 aromatic carbocycles. The first-order valence-electron chi connectivity index (χ1n) is 9.36. The van der Waals surface area contributed by atoms with Gasteiger partial charge in [-0.15, -0.1) is 11.8 Å². The van der Waals surface area contributed by atoms with E-state index in [-0.39, 0.29) is 16.8 Å². The molecule has 0 amide bonds. The lowest BCUT2D eigenvalue weighted by molar-refractivity contribution is -0.136. The molecule has 0 aliphatic rings. The quantitative estimate of drug-likeness (QED) is 0.283. The topological polar surface area (TPSA) is 128 Å². The molecule has 8 heteroatoms. The van der Waals surface area contributed by atoms with Gasteiger partial charge in [0.25, 0.3) is 0 Å². The second-order valence-corrected chi connectivity index (χ2v) is 8.44. The van der Waals surface area contributed by atoms with Crippen LogP contribution in [0.25, 0.3) is 11.1 Å². The Kier molecular flexibility index (Phi) is 7.17. The van der Waals surface area contributed by atoms with Crippen molar-refractivity contribution in [2.24, 2.45) is 0 Å². The zero-order chi connectivity index (χ0) is 23.3. The smallest absolute Gasteiger partial charge is 0.304 e. The number of nitrogens with two attached hydrogens (primary N) is 1. The molecular weight excluding hydrogens is 446 g/mol. The second-order valence-electron chi connectivity index (χ2n) is 6.75. The number of nitrogens with zero attached hydrogens (tertiary/aromatic N) is 2. The van der Waals surface area contributed by atoms with Gasteiger partial charge in [-0.1, -0.05) is 41.9 Å². The molecule has 0 spiro atoms. The first-order chi connectivity index (χ1) is 15.3. The van der Waals surface area contributed by atoms with E-state index in [9.17, 15) is 25.2 Å². The van der Waals surface area contributed by atoms with Crippen LogP contribution >= 0.6 is 23.4 Å². The highest BCUT2D eigenvalue weighted by molar-refractivity contribution is 8.00. The van der Waals surface area contributed by atoms with E-state index in [0.29, 0.717) is 26.6 Å². The average molecular weight is 462 g/mol. The molecule has 0 fully saturated rings. The Balaban J connectivity index is 2.12. The Morgan fingerprint density at radius 3 is 2.22 bits per heavy atom. The summed E-state index contributed by atoms with van der Waals surface area (Å²) < 4.78 is 0. The first-order valence-corrected chi connectivity index (χ1v) is 10.6. The van der Waals surface area contributed by atoms with Gasteiger partial charge in [0.1, 0.15) is 12.1 Å². The van der Waals surface area contributed by atoms with Crippen molar-refractivity contribution in [2.45, 2.75) is 16.6 Å². The number of benzene rings is 3. The zero-order valence-electron chi connectivity index (χ0n) is 16.6. The third-order valence-corrected chi connectivity index (χ3v) is 6.15. The van der Waals surface area contributed by atoms with Gasteiger partial charge in [0.05, 0.1) is 28.5 Å². The van der Waals surface area contributed by atoms with Gasteiger partial charge in [0, 0.05) is 21.0 Å². The number of thioether (sulfide) groups is 1. The van der Waals surface area contributed by atoms with E-state index in [1.165, 1.54) is 18.2 Å². The predicted molar refractivity (Wildman–Crippen MR) is 123 cm³/mol. The lowest BCUT2D eigenvalue weighted by Gasteiger charge is -2.18. The van der Waals surface area contributed by atoms with Crippen LogP contribution in [0.15, 0.2) is 65.6 Å². The number of Topliss-reactive ketones (excluding diaryl/α,β-unsaturated/α-hetero) is 1. The minimum absolute atomic E-state index is 0.140. The monoisotopic (exact) mass is 461 g/mol. The summed E-state index contributed by atoms with van der Waals surface area (Å²) in [5, 5.41) is 28.4. The molecule has 3 N–H and O–H groups in total. The molecule has 0 radical (unpaired) electrons. The van der Waals surface area contributed by atoms with Gasteiger partial charge in [-0.3, -0.25) is 9.59 Å². The van der Waals surface area contributed by atoms with Gasteiger partial charge >= 0.3 is 5.97 Å². The van der Waals surface area contributed by atoms with Crippen LogP contribution in [0.4, 0.5) is 5.69 Å².